The van der Waals surface area contributed by atoms with Crippen molar-refractivity contribution in [1.29, 1.82) is 0 Å². The van der Waals surface area contributed by atoms with Crippen LogP contribution >= 0.6 is 11.3 Å². The van der Waals surface area contributed by atoms with Crippen molar-refractivity contribution < 1.29 is 4.74 Å². The quantitative estimate of drug-likeness (QED) is 0.657. The second kappa shape index (κ2) is 7.79. The van der Waals surface area contributed by atoms with E-state index in [9.17, 15) is 0 Å². The van der Waals surface area contributed by atoms with Crippen molar-refractivity contribution in [2.45, 2.75) is 26.9 Å². The summed E-state index contributed by atoms with van der Waals surface area (Å²) in [7, 11) is 3.45. The van der Waals surface area contributed by atoms with Gasteiger partial charge in [0.1, 0.15) is 10.8 Å². The van der Waals surface area contributed by atoms with Crippen LogP contribution in [0.4, 0.5) is 0 Å². The number of thiazole rings is 1. The van der Waals surface area contributed by atoms with Crippen molar-refractivity contribution in [3.8, 4) is 5.75 Å². The zero-order valence-electron chi connectivity index (χ0n) is 13.4. The van der Waals surface area contributed by atoms with E-state index in [0.717, 1.165) is 22.3 Å². The molecule has 0 aliphatic heterocycles. The Morgan fingerprint density at radius 3 is 2.68 bits per heavy atom. The van der Waals surface area contributed by atoms with Gasteiger partial charge in [0, 0.05) is 30.2 Å². The topological polar surface area (TPSA) is 58.5 Å². The molecule has 5 nitrogen and oxygen atoms in total. The molecule has 118 valence electrons. The number of guanidine groups is 1. The lowest BCUT2D eigenvalue weighted by atomic mass is 10.1. The second-order valence-corrected chi connectivity index (χ2v) is 6.28. The SMILES string of the molecule is CN=C(NCc1ncc(C)s1)NCc1ccc(C)cc1OC. The van der Waals surface area contributed by atoms with E-state index in [1.54, 1.807) is 25.5 Å². The van der Waals surface area contributed by atoms with E-state index >= 15 is 0 Å². The van der Waals surface area contributed by atoms with Crippen molar-refractivity contribution in [3.05, 3.63) is 45.4 Å². The number of aromatic nitrogens is 1. The van der Waals surface area contributed by atoms with Crippen molar-refractivity contribution in [2.24, 2.45) is 4.99 Å². The first-order valence-electron chi connectivity index (χ1n) is 7.11. The third-order valence-corrected chi connectivity index (χ3v) is 4.10. The predicted octanol–water partition coefficient (Wildman–Crippen LogP) is 2.63. The van der Waals surface area contributed by atoms with E-state index in [-0.39, 0.29) is 0 Å². The Balaban J connectivity index is 1.91. The van der Waals surface area contributed by atoms with Crippen LogP contribution in [0, 0.1) is 13.8 Å². The molecule has 0 saturated heterocycles. The number of rotatable bonds is 5. The van der Waals surface area contributed by atoms with Gasteiger partial charge in [-0.3, -0.25) is 4.99 Å². The molecule has 1 heterocycles. The molecule has 0 aliphatic carbocycles. The number of aryl methyl sites for hydroxylation is 2. The second-order valence-electron chi connectivity index (χ2n) is 4.96. The third kappa shape index (κ3) is 4.46. The van der Waals surface area contributed by atoms with Crippen molar-refractivity contribution in [3.63, 3.8) is 0 Å². The minimum atomic E-state index is 0.653. The summed E-state index contributed by atoms with van der Waals surface area (Å²) in [5.41, 5.74) is 2.28. The Bertz CT molecular complexity index is 651. The predicted molar refractivity (Wildman–Crippen MR) is 91.6 cm³/mol. The van der Waals surface area contributed by atoms with Crippen LogP contribution in [0.1, 0.15) is 21.0 Å². The van der Waals surface area contributed by atoms with Gasteiger partial charge in [0.2, 0.25) is 0 Å². The molecule has 6 heteroatoms. The first-order valence-corrected chi connectivity index (χ1v) is 7.93. The summed E-state index contributed by atoms with van der Waals surface area (Å²) in [6.07, 6.45) is 1.88. The fourth-order valence-electron chi connectivity index (χ4n) is 2.04. The molecule has 0 fully saturated rings. The van der Waals surface area contributed by atoms with Gasteiger partial charge in [-0.1, -0.05) is 12.1 Å². The van der Waals surface area contributed by atoms with Crippen LogP contribution in [0.5, 0.6) is 5.75 Å². The van der Waals surface area contributed by atoms with E-state index in [0.29, 0.717) is 13.1 Å². The van der Waals surface area contributed by atoms with Gasteiger partial charge >= 0.3 is 0 Å². The molecule has 2 N–H and O–H groups in total. The highest BCUT2D eigenvalue weighted by atomic mass is 32.1. The Kier molecular flexibility index (Phi) is 5.77. The third-order valence-electron chi connectivity index (χ3n) is 3.19. The van der Waals surface area contributed by atoms with E-state index < -0.39 is 0 Å². The molecular formula is C16H22N4OS. The van der Waals surface area contributed by atoms with Crippen LogP contribution in [0.3, 0.4) is 0 Å². The molecule has 0 unspecified atom stereocenters. The van der Waals surface area contributed by atoms with E-state index in [4.69, 9.17) is 4.74 Å². The fraction of sp³-hybridized carbons (Fsp3) is 0.375. The Morgan fingerprint density at radius 1 is 1.27 bits per heavy atom. The smallest absolute Gasteiger partial charge is 0.191 e. The zero-order chi connectivity index (χ0) is 15.9. The summed E-state index contributed by atoms with van der Waals surface area (Å²) in [6.45, 7) is 5.43. The van der Waals surface area contributed by atoms with Gasteiger partial charge in [0.15, 0.2) is 5.96 Å². The summed E-state index contributed by atoms with van der Waals surface area (Å²) < 4.78 is 5.42. The summed E-state index contributed by atoms with van der Waals surface area (Å²) >= 11 is 1.69. The van der Waals surface area contributed by atoms with Gasteiger partial charge in [0.25, 0.3) is 0 Å². The highest BCUT2D eigenvalue weighted by Gasteiger charge is 2.05. The minimum Gasteiger partial charge on any atom is -0.496 e. The fourth-order valence-corrected chi connectivity index (χ4v) is 2.77. The first kappa shape index (κ1) is 16.3. The van der Waals surface area contributed by atoms with Gasteiger partial charge in [-0.15, -0.1) is 11.3 Å². The maximum Gasteiger partial charge on any atom is 0.191 e. The maximum atomic E-state index is 5.42. The zero-order valence-corrected chi connectivity index (χ0v) is 14.3. The van der Waals surface area contributed by atoms with Crippen molar-refractivity contribution in [1.82, 2.24) is 15.6 Å². The van der Waals surface area contributed by atoms with Crippen LogP contribution < -0.4 is 15.4 Å². The highest BCUT2D eigenvalue weighted by molar-refractivity contribution is 7.11. The van der Waals surface area contributed by atoms with E-state index in [2.05, 4.69) is 46.6 Å². The molecule has 0 aliphatic rings. The summed E-state index contributed by atoms with van der Waals surface area (Å²) in [4.78, 5) is 9.77. The monoisotopic (exact) mass is 318 g/mol. The lowest BCUT2D eigenvalue weighted by molar-refractivity contribution is 0.408. The number of aliphatic imine (C=N–C) groups is 1. The first-order chi connectivity index (χ1) is 10.6. The van der Waals surface area contributed by atoms with Crippen molar-refractivity contribution in [2.75, 3.05) is 14.2 Å². The maximum absolute atomic E-state index is 5.42. The molecule has 22 heavy (non-hydrogen) atoms. The Hall–Kier alpha value is -2.08. The molecule has 1 aromatic carbocycles. The minimum absolute atomic E-state index is 0.653. The number of nitrogens with zero attached hydrogens (tertiary/aromatic N) is 2. The molecule has 2 rings (SSSR count). The van der Waals surface area contributed by atoms with E-state index in [1.165, 1.54) is 10.4 Å². The van der Waals surface area contributed by atoms with Crippen LogP contribution in [-0.4, -0.2) is 25.1 Å². The molecule has 2 aromatic rings. The molecule has 1 aromatic heterocycles. The van der Waals surface area contributed by atoms with Gasteiger partial charge in [-0.25, -0.2) is 4.98 Å². The highest BCUT2D eigenvalue weighted by Crippen LogP contribution is 2.19. The van der Waals surface area contributed by atoms with E-state index in [1.807, 2.05) is 12.3 Å². The van der Waals surface area contributed by atoms with Crippen LogP contribution in [0.2, 0.25) is 0 Å². The number of hydrogen-bond donors (Lipinski definition) is 2. The van der Waals surface area contributed by atoms with Gasteiger partial charge in [-0.05, 0) is 25.5 Å². The lowest BCUT2D eigenvalue weighted by Crippen LogP contribution is -2.36. The molecule has 0 amide bonds. The largest absolute Gasteiger partial charge is 0.496 e. The van der Waals surface area contributed by atoms with Crippen LogP contribution in [-0.2, 0) is 13.1 Å². The summed E-state index contributed by atoms with van der Waals surface area (Å²) in [5, 5.41) is 7.61. The Morgan fingerprint density at radius 2 is 2.05 bits per heavy atom. The Labute approximate surface area is 135 Å². The standard InChI is InChI=1S/C16H22N4OS/c1-11-5-6-13(14(7-11)21-4)9-19-16(17-3)20-10-15-18-8-12(2)22-15/h5-8H,9-10H2,1-4H3,(H2,17,19,20). The van der Waals surface area contributed by atoms with Crippen LogP contribution in [0.25, 0.3) is 0 Å². The van der Waals surface area contributed by atoms with Crippen molar-refractivity contribution >= 4 is 17.3 Å². The number of methoxy groups -OCH3 is 1. The lowest BCUT2D eigenvalue weighted by Gasteiger charge is -2.13. The average Bonchev–Trinajstić information content (AvgIpc) is 2.94. The van der Waals surface area contributed by atoms with Gasteiger partial charge < -0.3 is 15.4 Å². The van der Waals surface area contributed by atoms with Gasteiger partial charge in [-0.2, -0.15) is 0 Å². The summed E-state index contributed by atoms with van der Waals surface area (Å²) in [6, 6.07) is 6.18. The molecule has 0 atom stereocenters. The molecular weight excluding hydrogens is 296 g/mol. The molecule has 0 bridgehead atoms. The van der Waals surface area contributed by atoms with Crippen LogP contribution in [0.15, 0.2) is 29.4 Å². The molecule has 0 radical (unpaired) electrons. The number of ether oxygens (including phenoxy) is 1. The average molecular weight is 318 g/mol. The summed E-state index contributed by atoms with van der Waals surface area (Å²) in [5.74, 6) is 1.63. The molecule has 0 spiro atoms. The number of nitrogens with one attached hydrogen (secondary N) is 2. The number of hydrogen-bond acceptors (Lipinski definition) is 4. The number of benzene rings is 1. The molecule has 0 saturated carbocycles. The van der Waals surface area contributed by atoms with Gasteiger partial charge in [0.05, 0.1) is 13.7 Å². The normalized spacial score (nSPS) is 11.4.